The molecule has 0 unspecified atom stereocenters. The number of rotatable bonds is 6. The van der Waals surface area contributed by atoms with Crippen molar-refractivity contribution in [2.75, 3.05) is 7.11 Å². The second kappa shape index (κ2) is 8.51. The van der Waals surface area contributed by atoms with Gasteiger partial charge in [0.1, 0.15) is 5.54 Å². The van der Waals surface area contributed by atoms with Crippen LogP contribution in [0.15, 0.2) is 6.20 Å². The lowest BCUT2D eigenvalue weighted by molar-refractivity contribution is -0.152. The predicted molar refractivity (Wildman–Crippen MR) is 112 cm³/mol. The van der Waals surface area contributed by atoms with Gasteiger partial charge in [0.15, 0.2) is 5.65 Å². The molecule has 2 aromatic rings. The highest BCUT2D eigenvalue weighted by Crippen LogP contribution is 2.30. The van der Waals surface area contributed by atoms with Gasteiger partial charge in [0.25, 0.3) is 0 Å². The largest absolute Gasteiger partial charge is 0.467 e. The van der Waals surface area contributed by atoms with Gasteiger partial charge in [-0.2, -0.15) is 5.10 Å². The number of aromatic nitrogens is 3. The Morgan fingerprint density at radius 3 is 2.55 bits per heavy atom. The second-order valence-electron chi connectivity index (χ2n) is 8.40. The molecule has 0 spiro atoms. The number of esters is 1. The summed E-state index contributed by atoms with van der Waals surface area (Å²) >= 11 is 0. The van der Waals surface area contributed by atoms with Crippen LogP contribution < -0.4 is 5.32 Å². The molecule has 1 aliphatic carbocycles. The van der Waals surface area contributed by atoms with Crippen LogP contribution in [0.1, 0.15) is 75.2 Å². The van der Waals surface area contributed by atoms with E-state index in [0.717, 1.165) is 47.1 Å². The molecule has 1 N–H and O–H groups in total. The first kappa shape index (κ1) is 21.3. The lowest BCUT2D eigenvalue weighted by Crippen LogP contribution is -2.56. The van der Waals surface area contributed by atoms with E-state index in [9.17, 15) is 9.59 Å². The molecule has 1 saturated carbocycles. The molecule has 0 aromatic carbocycles. The van der Waals surface area contributed by atoms with Gasteiger partial charge in [-0.3, -0.25) is 4.79 Å². The molecule has 2 aromatic heterocycles. The molecule has 29 heavy (non-hydrogen) atoms. The van der Waals surface area contributed by atoms with Crippen LogP contribution in [-0.2, 0) is 20.7 Å². The average molecular weight is 401 g/mol. The number of pyridine rings is 1. The van der Waals surface area contributed by atoms with Crippen molar-refractivity contribution >= 4 is 22.9 Å². The number of carbonyl (C=O) groups excluding carboxylic acids is 2. The van der Waals surface area contributed by atoms with Crippen molar-refractivity contribution in [2.45, 2.75) is 84.2 Å². The summed E-state index contributed by atoms with van der Waals surface area (Å²) in [7, 11) is 1.38. The van der Waals surface area contributed by atoms with Gasteiger partial charge in [-0.25, -0.2) is 14.5 Å². The number of amides is 1. The van der Waals surface area contributed by atoms with E-state index in [2.05, 4.69) is 31.2 Å². The number of hydrogen-bond donors (Lipinski definition) is 1. The molecule has 0 saturated heterocycles. The van der Waals surface area contributed by atoms with E-state index >= 15 is 0 Å². The van der Waals surface area contributed by atoms with Gasteiger partial charge >= 0.3 is 5.97 Å². The lowest BCUT2D eigenvalue weighted by Gasteiger charge is -2.35. The van der Waals surface area contributed by atoms with Crippen LogP contribution in [0, 0.1) is 13.8 Å². The van der Waals surface area contributed by atoms with Crippen molar-refractivity contribution in [1.29, 1.82) is 0 Å². The fourth-order valence-electron chi connectivity index (χ4n) is 4.44. The van der Waals surface area contributed by atoms with Gasteiger partial charge < -0.3 is 10.1 Å². The molecule has 1 amide bonds. The maximum atomic E-state index is 12.7. The van der Waals surface area contributed by atoms with Crippen LogP contribution in [0.2, 0.25) is 0 Å². The van der Waals surface area contributed by atoms with Gasteiger partial charge in [-0.05, 0) is 58.1 Å². The number of ether oxygens (including phenoxy) is 1. The molecule has 3 rings (SSSR count). The standard InChI is InChI=1S/C22H32N4O3/c1-14(2)26-20-18(13-23-26)15(3)17(16(4)24-20)9-10-19(27)25-22(21(28)29-5)11-7-6-8-12-22/h13-14H,6-12H2,1-5H3,(H,25,27). The minimum atomic E-state index is -0.866. The van der Waals surface area contributed by atoms with Crippen LogP contribution >= 0.6 is 0 Å². The molecule has 0 radical (unpaired) electrons. The molecule has 0 bridgehead atoms. The molecule has 2 heterocycles. The summed E-state index contributed by atoms with van der Waals surface area (Å²) in [6.07, 6.45) is 6.97. The summed E-state index contributed by atoms with van der Waals surface area (Å²) in [5.41, 5.74) is 3.13. The van der Waals surface area contributed by atoms with Gasteiger partial charge in [0.05, 0.1) is 13.3 Å². The number of nitrogens with zero attached hydrogens (tertiary/aromatic N) is 3. The smallest absolute Gasteiger partial charge is 0.331 e. The third kappa shape index (κ3) is 4.14. The average Bonchev–Trinajstić information content (AvgIpc) is 3.12. The van der Waals surface area contributed by atoms with Crippen molar-refractivity contribution in [1.82, 2.24) is 20.1 Å². The van der Waals surface area contributed by atoms with Gasteiger partial charge in [0, 0.05) is 23.5 Å². The van der Waals surface area contributed by atoms with Crippen LogP contribution in [0.25, 0.3) is 11.0 Å². The first-order valence-corrected chi connectivity index (χ1v) is 10.5. The first-order chi connectivity index (χ1) is 13.8. The molecule has 7 heteroatoms. The monoisotopic (exact) mass is 400 g/mol. The number of fused-ring (bicyclic) bond motifs is 1. The SMILES string of the molecule is COC(=O)C1(NC(=O)CCc2c(C)nc3c(cnn3C(C)C)c2C)CCCCC1. The molecule has 1 aliphatic rings. The summed E-state index contributed by atoms with van der Waals surface area (Å²) in [6, 6.07) is 0.237. The zero-order valence-corrected chi connectivity index (χ0v) is 18.2. The summed E-state index contributed by atoms with van der Waals surface area (Å²) in [4.78, 5) is 29.8. The lowest BCUT2D eigenvalue weighted by atomic mass is 9.81. The fourth-order valence-corrected chi connectivity index (χ4v) is 4.44. The zero-order chi connectivity index (χ0) is 21.2. The van der Waals surface area contributed by atoms with Crippen LogP contribution in [0.3, 0.4) is 0 Å². The van der Waals surface area contributed by atoms with Crippen molar-refractivity contribution in [3.63, 3.8) is 0 Å². The predicted octanol–water partition coefficient (Wildman–Crippen LogP) is 3.55. The normalized spacial score (nSPS) is 16.2. The van der Waals surface area contributed by atoms with E-state index in [1.807, 2.05) is 17.8 Å². The Hall–Kier alpha value is -2.44. The first-order valence-electron chi connectivity index (χ1n) is 10.5. The third-order valence-electron chi connectivity index (χ3n) is 6.09. The Kier molecular flexibility index (Phi) is 6.24. The quantitative estimate of drug-likeness (QED) is 0.750. The molecule has 0 aliphatic heterocycles. The molecule has 7 nitrogen and oxygen atoms in total. The van der Waals surface area contributed by atoms with Crippen LogP contribution in [0.5, 0.6) is 0 Å². The molecule has 1 fully saturated rings. The Morgan fingerprint density at radius 2 is 1.93 bits per heavy atom. The molecular formula is C22H32N4O3. The Morgan fingerprint density at radius 1 is 1.24 bits per heavy atom. The minimum absolute atomic E-state index is 0.117. The van der Waals surface area contributed by atoms with Gasteiger partial charge in [0.2, 0.25) is 5.91 Å². The number of methoxy groups -OCH3 is 1. The maximum Gasteiger partial charge on any atom is 0.331 e. The van der Waals surface area contributed by atoms with E-state index in [1.54, 1.807) is 0 Å². The molecule has 158 valence electrons. The summed E-state index contributed by atoms with van der Waals surface area (Å²) in [6.45, 7) is 8.21. The zero-order valence-electron chi connectivity index (χ0n) is 18.2. The van der Waals surface area contributed by atoms with E-state index < -0.39 is 5.54 Å². The van der Waals surface area contributed by atoms with Crippen molar-refractivity contribution < 1.29 is 14.3 Å². The number of aryl methyl sites for hydroxylation is 2. The molecule has 0 atom stereocenters. The minimum Gasteiger partial charge on any atom is -0.467 e. The highest BCUT2D eigenvalue weighted by Gasteiger charge is 2.41. The Balaban J connectivity index is 1.76. The summed E-state index contributed by atoms with van der Waals surface area (Å²) < 4.78 is 6.92. The van der Waals surface area contributed by atoms with Crippen molar-refractivity contribution in [3.05, 3.63) is 23.0 Å². The van der Waals surface area contributed by atoms with E-state index in [4.69, 9.17) is 9.72 Å². The summed E-state index contributed by atoms with van der Waals surface area (Å²) in [5, 5.41) is 8.50. The van der Waals surface area contributed by atoms with E-state index in [1.165, 1.54) is 7.11 Å². The van der Waals surface area contributed by atoms with E-state index in [-0.39, 0.29) is 17.9 Å². The van der Waals surface area contributed by atoms with Gasteiger partial charge in [-0.15, -0.1) is 0 Å². The highest BCUT2D eigenvalue weighted by atomic mass is 16.5. The van der Waals surface area contributed by atoms with Crippen molar-refractivity contribution in [2.24, 2.45) is 0 Å². The van der Waals surface area contributed by atoms with Crippen LogP contribution in [-0.4, -0.2) is 39.3 Å². The molecular weight excluding hydrogens is 368 g/mol. The topological polar surface area (TPSA) is 86.1 Å². The van der Waals surface area contributed by atoms with Crippen LogP contribution in [0.4, 0.5) is 0 Å². The highest BCUT2D eigenvalue weighted by molar-refractivity contribution is 5.88. The fraction of sp³-hybridized carbons (Fsp3) is 0.636. The second-order valence-corrected chi connectivity index (χ2v) is 8.40. The summed E-state index contributed by atoms with van der Waals surface area (Å²) in [5.74, 6) is -0.448. The van der Waals surface area contributed by atoms with Gasteiger partial charge in [-0.1, -0.05) is 19.3 Å². The Labute approximate surface area is 172 Å². The number of hydrogen-bond acceptors (Lipinski definition) is 5. The van der Waals surface area contributed by atoms with Crippen molar-refractivity contribution in [3.8, 4) is 0 Å². The number of carbonyl (C=O) groups is 2. The van der Waals surface area contributed by atoms with E-state index in [0.29, 0.717) is 25.7 Å². The third-order valence-corrected chi connectivity index (χ3v) is 6.09. The number of nitrogens with one attached hydrogen (secondary N) is 1. The maximum absolute atomic E-state index is 12.7. The Bertz CT molecular complexity index is 910.